The Morgan fingerprint density at radius 3 is 2.44 bits per heavy atom. The van der Waals surface area contributed by atoms with Gasteiger partial charge in [0, 0.05) is 41.2 Å². The molecule has 0 radical (unpaired) electrons. The molecular weight excluding hydrogens is 569 g/mol. The number of aliphatic hydroxyl groups excluding tert-OH is 1. The van der Waals surface area contributed by atoms with Crippen LogP contribution in [-0.4, -0.2) is 70.9 Å². The normalized spacial score (nSPS) is 16.3. The number of anilines is 1. The van der Waals surface area contributed by atoms with Crippen LogP contribution in [0, 0.1) is 0 Å². The van der Waals surface area contributed by atoms with E-state index < -0.39 is 54.2 Å². The highest BCUT2D eigenvalue weighted by Crippen LogP contribution is 2.42. The first-order chi connectivity index (χ1) is 19.0. The van der Waals surface area contributed by atoms with Crippen LogP contribution in [-0.2, 0) is 15.0 Å². The number of hydrogen-bond donors (Lipinski definition) is 6. The van der Waals surface area contributed by atoms with E-state index in [9.17, 15) is 42.9 Å². The van der Waals surface area contributed by atoms with Crippen LogP contribution < -0.4 is 16.0 Å². The van der Waals surface area contributed by atoms with Crippen LogP contribution in [0.5, 0.6) is 5.75 Å². The number of Topliss-reactive ketones (excluding diaryl/α,β-unsaturated/α-hetero) is 1. The fourth-order valence-corrected chi connectivity index (χ4v) is 4.33. The second kappa shape index (κ2) is 12.8. The lowest BCUT2D eigenvalue weighted by Gasteiger charge is -2.29. The number of nitrogens with zero attached hydrogens (tertiary/aromatic N) is 1. The predicted molar refractivity (Wildman–Crippen MR) is 146 cm³/mol. The van der Waals surface area contributed by atoms with Crippen molar-refractivity contribution in [3.05, 3.63) is 58.1 Å². The molecule has 10 nitrogen and oxygen atoms in total. The topological polar surface area (TPSA) is 160 Å². The number of rotatable bonds is 10. The minimum Gasteiger partial charge on any atom is -0.508 e. The molecule has 41 heavy (non-hydrogen) atoms. The maximum absolute atomic E-state index is 13.6. The average Bonchev–Trinajstić information content (AvgIpc) is 2.86. The van der Waals surface area contributed by atoms with E-state index in [1.165, 1.54) is 30.3 Å². The van der Waals surface area contributed by atoms with Gasteiger partial charge in [-0.05, 0) is 49.2 Å². The van der Waals surface area contributed by atoms with Gasteiger partial charge in [-0.2, -0.15) is 13.2 Å². The molecule has 3 rings (SSSR count). The number of alkyl halides is 3. The SMILES string of the molecule is CC(C)(c1cc(Cl)cc([C@H](CC(=O)O)CC(=O)CNC(=O)c2cc(O)cc(NC3=NCC(O)CN3)c2)c1)C(F)(F)F. The summed E-state index contributed by atoms with van der Waals surface area (Å²) in [5.74, 6) is -3.47. The fraction of sp³-hybridized carbons (Fsp3) is 0.407. The van der Waals surface area contributed by atoms with Crippen LogP contribution in [0.4, 0.5) is 18.9 Å². The molecule has 0 aliphatic carbocycles. The van der Waals surface area contributed by atoms with Gasteiger partial charge < -0.3 is 31.3 Å². The number of carbonyl (C=O) groups is 3. The van der Waals surface area contributed by atoms with E-state index in [0.29, 0.717) is 11.6 Å². The second-order valence-corrected chi connectivity index (χ2v) is 10.7. The van der Waals surface area contributed by atoms with Crippen molar-refractivity contribution in [2.24, 2.45) is 4.99 Å². The molecular formula is C27H30ClF3N4O6. The molecule has 0 aromatic heterocycles. The largest absolute Gasteiger partial charge is 0.508 e. The number of benzene rings is 2. The van der Waals surface area contributed by atoms with E-state index in [1.54, 1.807) is 0 Å². The standard InChI is InChI=1S/C27H30ClF3N4O6/c1-26(2,27(29,30)31)17-3-14(4-18(28)9-17)15(8-23(39)40)6-21(37)11-32-24(41)16-5-19(10-20(36)7-16)35-25-33-12-22(38)13-34-25/h3-5,7,9-10,15,22,36,38H,6,8,11-13H2,1-2H3,(H,32,41)(H,39,40)(H2,33,34,35)/t15-/m0/s1. The molecule has 0 spiro atoms. The van der Waals surface area contributed by atoms with E-state index >= 15 is 0 Å². The molecule has 1 amide bonds. The summed E-state index contributed by atoms with van der Waals surface area (Å²) in [6.07, 6.45) is -6.18. The number of aliphatic carboxylic acids is 1. The number of phenols is 1. The van der Waals surface area contributed by atoms with Crippen LogP contribution in [0.15, 0.2) is 41.4 Å². The zero-order valence-electron chi connectivity index (χ0n) is 22.2. The molecule has 1 unspecified atom stereocenters. The Balaban J connectivity index is 1.71. The zero-order chi connectivity index (χ0) is 30.5. The van der Waals surface area contributed by atoms with Gasteiger partial charge in [-0.25, -0.2) is 0 Å². The lowest BCUT2D eigenvalue weighted by atomic mass is 9.81. The van der Waals surface area contributed by atoms with Gasteiger partial charge in [0.25, 0.3) is 5.91 Å². The van der Waals surface area contributed by atoms with Crippen molar-refractivity contribution in [3.8, 4) is 5.75 Å². The number of amides is 1. The highest BCUT2D eigenvalue weighted by atomic mass is 35.5. The Morgan fingerprint density at radius 2 is 1.83 bits per heavy atom. The summed E-state index contributed by atoms with van der Waals surface area (Å²) in [4.78, 5) is 41.1. The summed E-state index contributed by atoms with van der Waals surface area (Å²) in [6, 6.07) is 7.59. The summed E-state index contributed by atoms with van der Waals surface area (Å²) < 4.78 is 40.9. The van der Waals surface area contributed by atoms with Crippen molar-refractivity contribution < 1.29 is 42.9 Å². The number of phenolic OH excluding ortho intramolecular Hbond substituents is 1. The summed E-state index contributed by atoms with van der Waals surface area (Å²) in [5, 5.41) is 37.0. The van der Waals surface area contributed by atoms with Crippen LogP contribution in [0.3, 0.4) is 0 Å². The Labute approximate surface area is 238 Å². The lowest BCUT2D eigenvalue weighted by Crippen LogP contribution is -2.42. The third-order valence-corrected chi connectivity index (χ3v) is 6.79. The molecule has 2 aromatic rings. The van der Waals surface area contributed by atoms with Crippen molar-refractivity contribution in [3.63, 3.8) is 0 Å². The number of guanidine groups is 1. The molecule has 2 aromatic carbocycles. The van der Waals surface area contributed by atoms with Gasteiger partial charge in [-0.3, -0.25) is 19.4 Å². The molecule has 1 heterocycles. The monoisotopic (exact) mass is 598 g/mol. The molecule has 0 fully saturated rings. The highest BCUT2D eigenvalue weighted by Gasteiger charge is 2.48. The fourth-order valence-electron chi connectivity index (χ4n) is 4.09. The number of aromatic hydroxyl groups is 1. The van der Waals surface area contributed by atoms with Gasteiger partial charge in [0.1, 0.15) is 5.75 Å². The van der Waals surface area contributed by atoms with E-state index in [-0.39, 0.29) is 47.0 Å². The number of ketones is 1. The van der Waals surface area contributed by atoms with Crippen molar-refractivity contribution in [2.45, 2.75) is 50.3 Å². The van der Waals surface area contributed by atoms with Gasteiger partial charge in [-0.15, -0.1) is 0 Å². The molecule has 14 heteroatoms. The van der Waals surface area contributed by atoms with Crippen molar-refractivity contribution >= 4 is 40.9 Å². The van der Waals surface area contributed by atoms with E-state index in [1.807, 2.05) is 0 Å². The van der Waals surface area contributed by atoms with Gasteiger partial charge >= 0.3 is 12.1 Å². The number of aliphatic imine (C=N–C) groups is 1. The van der Waals surface area contributed by atoms with Gasteiger partial charge in [0.05, 0.1) is 31.0 Å². The number of carboxylic acids is 1. The Hall–Kier alpha value is -3.84. The van der Waals surface area contributed by atoms with Gasteiger partial charge in [0.15, 0.2) is 11.7 Å². The van der Waals surface area contributed by atoms with Gasteiger partial charge in [0.2, 0.25) is 0 Å². The zero-order valence-corrected chi connectivity index (χ0v) is 22.9. The first-order valence-electron chi connectivity index (χ1n) is 12.5. The maximum Gasteiger partial charge on any atom is 0.397 e. The number of nitrogens with one attached hydrogen (secondary N) is 3. The maximum atomic E-state index is 13.6. The predicted octanol–water partition coefficient (Wildman–Crippen LogP) is 3.57. The molecule has 1 aliphatic rings. The number of aliphatic hydroxyl groups is 1. The average molecular weight is 599 g/mol. The number of halogens is 4. The molecule has 0 saturated carbocycles. The van der Waals surface area contributed by atoms with Gasteiger partial charge in [-0.1, -0.05) is 17.7 Å². The van der Waals surface area contributed by atoms with Crippen LogP contribution in [0.25, 0.3) is 0 Å². The summed E-state index contributed by atoms with van der Waals surface area (Å²) in [5.41, 5.74) is -1.99. The van der Waals surface area contributed by atoms with Crippen molar-refractivity contribution in [1.82, 2.24) is 10.6 Å². The third-order valence-electron chi connectivity index (χ3n) is 6.57. The summed E-state index contributed by atoms with van der Waals surface area (Å²) in [7, 11) is 0. The number of hydrogen-bond acceptors (Lipinski definition) is 8. The Morgan fingerprint density at radius 1 is 1.12 bits per heavy atom. The lowest BCUT2D eigenvalue weighted by molar-refractivity contribution is -0.180. The number of carboxylic acid groups (broad SMARTS) is 1. The third kappa shape index (κ3) is 8.57. The van der Waals surface area contributed by atoms with Crippen LogP contribution in [0.2, 0.25) is 5.02 Å². The summed E-state index contributed by atoms with van der Waals surface area (Å²) in [6.45, 7) is 1.88. The summed E-state index contributed by atoms with van der Waals surface area (Å²) >= 11 is 6.08. The smallest absolute Gasteiger partial charge is 0.397 e. The Kier molecular flexibility index (Phi) is 9.87. The van der Waals surface area contributed by atoms with Crippen molar-refractivity contribution in [2.75, 3.05) is 25.0 Å². The van der Waals surface area contributed by atoms with Crippen LogP contribution in [0.1, 0.15) is 54.1 Å². The Bertz CT molecular complexity index is 1350. The molecule has 0 saturated heterocycles. The highest BCUT2D eigenvalue weighted by molar-refractivity contribution is 6.30. The molecule has 222 valence electrons. The van der Waals surface area contributed by atoms with E-state index in [2.05, 4.69) is 20.9 Å². The first-order valence-corrected chi connectivity index (χ1v) is 12.9. The number of carbonyl (C=O) groups excluding carboxylic acids is 2. The minimum atomic E-state index is -4.61. The molecule has 2 atom stereocenters. The number of β-amino-alcohol motifs (C(OH)–C–C–N with tert-alkyl or cyclic N) is 1. The minimum absolute atomic E-state index is 0.00713. The molecule has 1 aliphatic heterocycles. The molecule has 0 bridgehead atoms. The van der Waals surface area contributed by atoms with Crippen molar-refractivity contribution in [1.29, 1.82) is 0 Å². The van der Waals surface area contributed by atoms with E-state index in [0.717, 1.165) is 19.9 Å². The second-order valence-electron chi connectivity index (χ2n) is 10.2. The molecule has 6 N–H and O–H groups in total. The van der Waals surface area contributed by atoms with Crippen LogP contribution >= 0.6 is 11.6 Å². The van der Waals surface area contributed by atoms with E-state index in [4.69, 9.17) is 11.6 Å². The quantitative estimate of drug-likeness (QED) is 0.242. The first kappa shape index (κ1) is 31.7.